The topological polar surface area (TPSA) is 0 Å². The van der Waals surface area contributed by atoms with Crippen LogP contribution in [0.5, 0.6) is 0 Å². The molecule has 0 aromatic rings. The molecule has 0 N–H and O–H groups in total. The van der Waals surface area contributed by atoms with Gasteiger partial charge in [-0.1, -0.05) is 0 Å². The average molecular weight is 162 g/mol. The highest BCUT2D eigenvalue weighted by Crippen LogP contribution is 2.63. The van der Waals surface area contributed by atoms with Crippen LogP contribution < -0.4 is 0 Å². The summed E-state index contributed by atoms with van der Waals surface area (Å²) in [6, 6.07) is 0. The van der Waals surface area contributed by atoms with E-state index in [9.17, 15) is 0 Å². The molecule has 0 radical (unpaired) electrons. The Kier molecular flexibility index (Phi) is 1.81. The van der Waals surface area contributed by atoms with E-state index >= 15 is 0 Å². The molecule has 1 aliphatic rings. The Morgan fingerprint density at radius 2 is 1.78 bits per heavy atom. The van der Waals surface area contributed by atoms with Crippen LogP contribution in [-0.2, 0) is 0 Å². The molecule has 1 saturated heterocycles. The van der Waals surface area contributed by atoms with Gasteiger partial charge in [0.1, 0.15) is 0 Å². The minimum Gasteiger partial charge on any atom is -0.164 e. The van der Waals surface area contributed by atoms with Gasteiger partial charge in [0.05, 0.1) is 0 Å². The first-order valence-corrected chi connectivity index (χ1v) is 5.42. The van der Waals surface area contributed by atoms with Crippen LogP contribution in [0.25, 0.3) is 0 Å². The van der Waals surface area contributed by atoms with E-state index in [0.29, 0.717) is 9.49 Å². The van der Waals surface area contributed by atoms with Gasteiger partial charge in [0.15, 0.2) is 0 Å². The molecule has 0 aliphatic carbocycles. The first-order valence-electron chi connectivity index (χ1n) is 3.21. The Morgan fingerprint density at radius 1 is 1.33 bits per heavy atom. The number of rotatable bonds is 2. The standard InChI is InChI=1S/C7H14S2/c1-6(2)7(3,9-6)5-8-4/h5H2,1-4H3. The zero-order valence-corrected chi connectivity index (χ0v) is 8.16. The number of thioether (sulfide) groups is 2. The van der Waals surface area contributed by atoms with Crippen molar-refractivity contribution in [1.29, 1.82) is 0 Å². The van der Waals surface area contributed by atoms with E-state index in [-0.39, 0.29) is 0 Å². The fraction of sp³-hybridized carbons (Fsp3) is 1.00. The van der Waals surface area contributed by atoms with Crippen molar-refractivity contribution >= 4 is 23.5 Å². The minimum absolute atomic E-state index is 0.552. The lowest BCUT2D eigenvalue weighted by atomic mass is 10.0. The van der Waals surface area contributed by atoms with Gasteiger partial charge in [0.25, 0.3) is 0 Å². The molecule has 1 rings (SSSR count). The normalized spacial score (nSPS) is 38.7. The second-order valence-corrected chi connectivity index (χ2v) is 6.27. The van der Waals surface area contributed by atoms with Crippen LogP contribution in [-0.4, -0.2) is 21.5 Å². The van der Waals surface area contributed by atoms with E-state index in [2.05, 4.69) is 38.8 Å². The maximum absolute atomic E-state index is 2.36. The minimum atomic E-state index is 0.552. The summed E-state index contributed by atoms with van der Waals surface area (Å²) in [5.74, 6) is 1.30. The smallest absolute Gasteiger partial charge is 0.0369 e. The monoisotopic (exact) mass is 162 g/mol. The van der Waals surface area contributed by atoms with Gasteiger partial charge in [-0.3, -0.25) is 0 Å². The van der Waals surface area contributed by atoms with Crippen molar-refractivity contribution in [3.63, 3.8) is 0 Å². The average Bonchev–Trinajstić information content (AvgIpc) is 2.07. The summed E-state index contributed by atoms with van der Waals surface area (Å²) in [5.41, 5.74) is 0. The first-order chi connectivity index (χ1) is 4.02. The van der Waals surface area contributed by atoms with E-state index in [1.165, 1.54) is 5.75 Å². The highest BCUT2D eigenvalue weighted by Gasteiger charge is 2.58. The van der Waals surface area contributed by atoms with Gasteiger partial charge in [0, 0.05) is 15.2 Å². The van der Waals surface area contributed by atoms with Crippen LogP contribution >= 0.6 is 23.5 Å². The highest BCUT2D eigenvalue weighted by atomic mass is 32.2. The molecule has 0 aromatic heterocycles. The second-order valence-electron chi connectivity index (χ2n) is 3.28. The first kappa shape index (κ1) is 7.80. The Morgan fingerprint density at radius 3 is 1.89 bits per heavy atom. The van der Waals surface area contributed by atoms with E-state index in [4.69, 9.17) is 0 Å². The van der Waals surface area contributed by atoms with Crippen molar-refractivity contribution < 1.29 is 0 Å². The van der Waals surface area contributed by atoms with Gasteiger partial charge < -0.3 is 0 Å². The molecule has 0 aromatic carbocycles. The van der Waals surface area contributed by atoms with Gasteiger partial charge >= 0.3 is 0 Å². The van der Waals surface area contributed by atoms with Gasteiger partial charge in [-0.05, 0) is 27.0 Å². The fourth-order valence-electron chi connectivity index (χ4n) is 1.02. The maximum Gasteiger partial charge on any atom is 0.0369 e. The molecule has 0 saturated carbocycles. The molecule has 1 unspecified atom stereocenters. The lowest BCUT2D eigenvalue weighted by Crippen LogP contribution is -2.18. The van der Waals surface area contributed by atoms with Crippen LogP contribution in [0.1, 0.15) is 20.8 Å². The molecular weight excluding hydrogens is 148 g/mol. The van der Waals surface area contributed by atoms with Crippen molar-refractivity contribution in [2.24, 2.45) is 0 Å². The summed E-state index contributed by atoms with van der Waals surface area (Å²) < 4.78 is 1.13. The van der Waals surface area contributed by atoms with Crippen molar-refractivity contribution in [3.05, 3.63) is 0 Å². The molecule has 54 valence electrons. The van der Waals surface area contributed by atoms with Gasteiger partial charge in [0.2, 0.25) is 0 Å². The molecule has 1 atom stereocenters. The highest BCUT2D eigenvalue weighted by molar-refractivity contribution is 8.11. The summed E-state index contributed by atoms with van der Waals surface area (Å²) in [6.45, 7) is 7.01. The summed E-state index contributed by atoms with van der Waals surface area (Å²) >= 11 is 4.05. The van der Waals surface area contributed by atoms with Crippen molar-refractivity contribution in [1.82, 2.24) is 0 Å². The summed E-state index contributed by atoms with van der Waals surface area (Å²) in [4.78, 5) is 0. The lowest BCUT2D eigenvalue weighted by molar-refractivity contribution is 0.660. The lowest BCUT2D eigenvalue weighted by Gasteiger charge is -2.08. The van der Waals surface area contributed by atoms with E-state index in [0.717, 1.165) is 0 Å². The van der Waals surface area contributed by atoms with Crippen molar-refractivity contribution in [3.8, 4) is 0 Å². The van der Waals surface area contributed by atoms with Gasteiger partial charge in [-0.15, -0.1) is 11.8 Å². The van der Waals surface area contributed by atoms with Gasteiger partial charge in [-0.25, -0.2) is 0 Å². The molecule has 1 heterocycles. The molecule has 0 spiro atoms. The summed E-state index contributed by atoms with van der Waals surface area (Å²) in [5, 5.41) is 0. The number of hydrogen-bond acceptors (Lipinski definition) is 2. The Labute approximate surface area is 66.2 Å². The molecule has 1 aliphatic heterocycles. The van der Waals surface area contributed by atoms with Gasteiger partial charge in [-0.2, -0.15) is 11.8 Å². The SMILES string of the molecule is CSCC1(C)SC1(C)C. The zero-order valence-electron chi connectivity index (χ0n) is 6.52. The van der Waals surface area contributed by atoms with Crippen molar-refractivity contribution in [2.45, 2.75) is 30.3 Å². The van der Waals surface area contributed by atoms with Crippen LogP contribution in [0.2, 0.25) is 0 Å². The number of hydrogen-bond donors (Lipinski definition) is 0. The second kappa shape index (κ2) is 2.09. The Bertz CT molecular complexity index is 120. The van der Waals surface area contributed by atoms with E-state index in [1.54, 1.807) is 0 Å². The fourth-order valence-corrected chi connectivity index (χ4v) is 3.76. The van der Waals surface area contributed by atoms with Crippen LogP contribution in [0.15, 0.2) is 0 Å². The van der Waals surface area contributed by atoms with Crippen LogP contribution in [0.3, 0.4) is 0 Å². The van der Waals surface area contributed by atoms with Crippen LogP contribution in [0, 0.1) is 0 Å². The largest absolute Gasteiger partial charge is 0.164 e. The Balaban J connectivity index is 2.42. The predicted molar refractivity (Wildman–Crippen MR) is 48.5 cm³/mol. The molecule has 0 nitrogen and oxygen atoms in total. The van der Waals surface area contributed by atoms with E-state index in [1.807, 2.05) is 11.8 Å². The maximum atomic E-state index is 2.36. The third-order valence-electron chi connectivity index (χ3n) is 2.13. The Hall–Kier alpha value is 0.700. The third-order valence-corrected chi connectivity index (χ3v) is 5.04. The molecule has 0 bridgehead atoms. The predicted octanol–water partition coefficient (Wildman–Crippen LogP) is 2.63. The third kappa shape index (κ3) is 1.25. The molecule has 1 fully saturated rings. The molecule has 9 heavy (non-hydrogen) atoms. The zero-order chi connectivity index (χ0) is 7.12. The molecule has 2 heteroatoms. The molecular formula is C7H14S2. The van der Waals surface area contributed by atoms with Crippen molar-refractivity contribution in [2.75, 3.05) is 12.0 Å². The quantitative estimate of drug-likeness (QED) is 0.573. The van der Waals surface area contributed by atoms with E-state index < -0.39 is 0 Å². The summed E-state index contributed by atoms with van der Waals surface area (Å²) in [7, 11) is 0. The molecule has 0 amide bonds. The summed E-state index contributed by atoms with van der Waals surface area (Å²) in [6.07, 6.45) is 2.18. The van der Waals surface area contributed by atoms with Crippen LogP contribution in [0.4, 0.5) is 0 Å².